The zero-order valence-corrected chi connectivity index (χ0v) is 12.1. The van der Waals surface area contributed by atoms with Crippen LogP contribution in [0.5, 0.6) is 0 Å². The van der Waals surface area contributed by atoms with Crippen molar-refractivity contribution in [3.8, 4) is 0 Å². The van der Waals surface area contributed by atoms with Crippen LogP contribution in [0.4, 0.5) is 0 Å². The predicted molar refractivity (Wildman–Crippen MR) is 73.6 cm³/mol. The molecule has 1 fully saturated rings. The van der Waals surface area contributed by atoms with Gasteiger partial charge in [-0.1, -0.05) is 20.8 Å². The first-order chi connectivity index (χ1) is 8.03. The van der Waals surface area contributed by atoms with Crippen LogP contribution in [0.2, 0.25) is 0 Å². The fraction of sp³-hybridized carbons (Fsp3) is 0.923. The van der Waals surface area contributed by atoms with E-state index in [9.17, 15) is 9.90 Å². The van der Waals surface area contributed by atoms with Crippen molar-refractivity contribution >= 4 is 17.7 Å². The molecule has 0 spiro atoms. The highest BCUT2D eigenvalue weighted by molar-refractivity contribution is 7.99. The standard InChI is InChI=1S/C13H25NO2S/c1-4-17-9-5-7-14-8-6-13(10-14,11(2)3)12(15)16/h11H,4-10H2,1-3H3,(H,15,16). The third-order valence-electron chi connectivity index (χ3n) is 3.88. The molecule has 0 radical (unpaired) electrons. The van der Waals surface area contributed by atoms with E-state index in [1.807, 2.05) is 25.6 Å². The number of carbonyl (C=O) groups is 1. The van der Waals surface area contributed by atoms with Gasteiger partial charge in [-0.05, 0) is 43.4 Å². The van der Waals surface area contributed by atoms with Gasteiger partial charge in [0.1, 0.15) is 0 Å². The molecule has 1 saturated heterocycles. The minimum Gasteiger partial charge on any atom is -0.481 e. The third-order valence-corrected chi connectivity index (χ3v) is 4.86. The van der Waals surface area contributed by atoms with Gasteiger partial charge < -0.3 is 10.0 Å². The fourth-order valence-electron chi connectivity index (χ4n) is 2.53. The summed E-state index contributed by atoms with van der Waals surface area (Å²) in [5, 5.41) is 9.43. The largest absolute Gasteiger partial charge is 0.481 e. The Morgan fingerprint density at radius 1 is 1.53 bits per heavy atom. The second-order valence-electron chi connectivity index (χ2n) is 5.19. The number of hydrogen-bond acceptors (Lipinski definition) is 3. The average molecular weight is 259 g/mol. The molecular formula is C13H25NO2S. The summed E-state index contributed by atoms with van der Waals surface area (Å²) in [6.07, 6.45) is 1.98. The summed E-state index contributed by atoms with van der Waals surface area (Å²) in [7, 11) is 0. The minimum absolute atomic E-state index is 0.218. The first-order valence-electron chi connectivity index (χ1n) is 6.56. The highest BCUT2D eigenvalue weighted by Crippen LogP contribution is 2.38. The molecule has 3 nitrogen and oxygen atoms in total. The van der Waals surface area contributed by atoms with Crippen molar-refractivity contribution in [1.29, 1.82) is 0 Å². The predicted octanol–water partition coefficient (Wildman–Crippen LogP) is 2.56. The molecule has 0 amide bonds. The maximum absolute atomic E-state index is 11.5. The first kappa shape index (κ1) is 14.8. The Balaban J connectivity index is 2.41. The molecule has 0 saturated carbocycles. The average Bonchev–Trinajstić information content (AvgIpc) is 2.70. The lowest BCUT2D eigenvalue weighted by atomic mass is 9.76. The molecule has 0 aliphatic carbocycles. The van der Waals surface area contributed by atoms with E-state index in [0.29, 0.717) is 0 Å². The Morgan fingerprint density at radius 3 is 2.71 bits per heavy atom. The fourth-order valence-corrected chi connectivity index (χ4v) is 3.15. The number of aliphatic carboxylic acids is 1. The summed E-state index contributed by atoms with van der Waals surface area (Å²) in [6, 6.07) is 0. The molecule has 1 rings (SSSR count). The Bertz CT molecular complexity index is 258. The molecule has 1 heterocycles. The van der Waals surface area contributed by atoms with E-state index in [1.54, 1.807) is 0 Å². The lowest BCUT2D eigenvalue weighted by molar-refractivity contribution is -0.151. The quantitative estimate of drug-likeness (QED) is 0.713. The van der Waals surface area contributed by atoms with Crippen molar-refractivity contribution in [1.82, 2.24) is 4.90 Å². The van der Waals surface area contributed by atoms with Crippen molar-refractivity contribution in [3.05, 3.63) is 0 Å². The maximum atomic E-state index is 11.5. The van der Waals surface area contributed by atoms with Gasteiger partial charge in [0.25, 0.3) is 0 Å². The summed E-state index contributed by atoms with van der Waals surface area (Å²) >= 11 is 1.96. The van der Waals surface area contributed by atoms with Crippen molar-refractivity contribution in [3.63, 3.8) is 0 Å². The van der Waals surface area contributed by atoms with Gasteiger partial charge in [-0.3, -0.25) is 4.79 Å². The van der Waals surface area contributed by atoms with Crippen LogP contribution in [0, 0.1) is 11.3 Å². The molecule has 1 unspecified atom stereocenters. The van der Waals surface area contributed by atoms with Gasteiger partial charge in [0.05, 0.1) is 5.41 Å². The van der Waals surface area contributed by atoms with Gasteiger partial charge in [-0.25, -0.2) is 0 Å². The number of thioether (sulfide) groups is 1. The molecule has 1 N–H and O–H groups in total. The van der Waals surface area contributed by atoms with Gasteiger partial charge in [-0.15, -0.1) is 0 Å². The minimum atomic E-state index is -0.613. The molecule has 1 aliphatic rings. The number of likely N-dealkylation sites (tertiary alicyclic amines) is 1. The van der Waals surface area contributed by atoms with Crippen LogP contribution in [0.3, 0.4) is 0 Å². The molecule has 0 aromatic carbocycles. The normalized spacial score (nSPS) is 25.6. The lowest BCUT2D eigenvalue weighted by Gasteiger charge is -2.28. The van der Waals surface area contributed by atoms with Crippen molar-refractivity contribution < 1.29 is 9.90 Å². The van der Waals surface area contributed by atoms with Crippen LogP contribution in [0.1, 0.15) is 33.6 Å². The second kappa shape index (κ2) is 6.64. The Labute approximate surface area is 109 Å². The van der Waals surface area contributed by atoms with E-state index >= 15 is 0 Å². The van der Waals surface area contributed by atoms with Gasteiger partial charge in [0.2, 0.25) is 0 Å². The van der Waals surface area contributed by atoms with Crippen LogP contribution >= 0.6 is 11.8 Å². The molecule has 4 heteroatoms. The lowest BCUT2D eigenvalue weighted by Crippen LogP contribution is -2.39. The topological polar surface area (TPSA) is 40.5 Å². The number of carboxylic acid groups (broad SMARTS) is 1. The zero-order chi connectivity index (χ0) is 12.9. The van der Waals surface area contributed by atoms with Crippen molar-refractivity contribution in [2.24, 2.45) is 11.3 Å². The SMILES string of the molecule is CCSCCCN1CCC(C(=O)O)(C(C)C)C1. The van der Waals surface area contributed by atoms with E-state index in [2.05, 4.69) is 11.8 Å². The molecule has 0 aromatic rings. The van der Waals surface area contributed by atoms with Crippen molar-refractivity contribution in [2.45, 2.75) is 33.6 Å². The van der Waals surface area contributed by atoms with Crippen LogP contribution in [0.25, 0.3) is 0 Å². The van der Waals surface area contributed by atoms with E-state index in [1.165, 1.54) is 17.9 Å². The summed E-state index contributed by atoms with van der Waals surface area (Å²) in [6.45, 7) is 8.97. The first-order valence-corrected chi connectivity index (χ1v) is 7.72. The van der Waals surface area contributed by atoms with Crippen molar-refractivity contribution in [2.75, 3.05) is 31.1 Å². The van der Waals surface area contributed by atoms with E-state index in [-0.39, 0.29) is 5.92 Å². The van der Waals surface area contributed by atoms with Crippen LogP contribution in [0.15, 0.2) is 0 Å². The molecule has 100 valence electrons. The number of hydrogen-bond donors (Lipinski definition) is 1. The highest BCUT2D eigenvalue weighted by Gasteiger charge is 2.46. The summed E-state index contributed by atoms with van der Waals surface area (Å²) in [5.41, 5.74) is -0.502. The monoisotopic (exact) mass is 259 g/mol. The van der Waals surface area contributed by atoms with Gasteiger partial charge in [-0.2, -0.15) is 11.8 Å². The van der Waals surface area contributed by atoms with E-state index in [4.69, 9.17) is 0 Å². The number of nitrogens with zero attached hydrogens (tertiary/aromatic N) is 1. The van der Waals surface area contributed by atoms with Crippen LogP contribution in [-0.2, 0) is 4.79 Å². The molecule has 17 heavy (non-hydrogen) atoms. The highest BCUT2D eigenvalue weighted by atomic mass is 32.2. The summed E-state index contributed by atoms with van der Waals surface area (Å²) in [5.74, 6) is 1.97. The number of rotatable bonds is 7. The summed E-state index contributed by atoms with van der Waals surface area (Å²) in [4.78, 5) is 13.8. The van der Waals surface area contributed by atoms with E-state index in [0.717, 1.165) is 26.1 Å². The Kier molecular flexibility index (Phi) is 5.80. The Hall–Kier alpha value is -0.220. The molecule has 1 atom stereocenters. The smallest absolute Gasteiger partial charge is 0.311 e. The van der Waals surface area contributed by atoms with Gasteiger partial charge in [0, 0.05) is 6.54 Å². The van der Waals surface area contributed by atoms with Gasteiger partial charge in [0.15, 0.2) is 0 Å². The third kappa shape index (κ3) is 3.62. The van der Waals surface area contributed by atoms with Crippen LogP contribution in [-0.4, -0.2) is 47.1 Å². The molecule has 0 aromatic heterocycles. The van der Waals surface area contributed by atoms with Crippen LogP contribution < -0.4 is 0 Å². The maximum Gasteiger partial charge on any atom is 0.311 e. The second-order valence-corrected chi connectivity index (χ2v) is 6.59. The number of carboxylic acids is 1. The zero-order valence-electron chi connectivity index (χ0n) is 11.2. The Morgan fingerprint density at radius 2 is 2.24 bits per heavy atom. The molecule has 0 bridgehead atoms. The summed E-state index contributed by atoms with van der Waals surface area (Å²) < 4.78 is 0. The van der Waals surface area contributed by atoms with Gasteiger partial charge >= 0.3 is 5.97 Å². The molecular weight excluding hydrogens is 234 g/mol. The van der Waals surface area contributed by atoms with E-state index < -0.39 is 11.4 Å². The molecule has 1 aliphatic heterocycles.